The van der Waals surface area contributed by atoms with Gasteiger partial charge in [0.15, 0.2) is 12.1 Å². The highest BCUT2D eigenvalue weighted by Gasteiger charge is 2.37. The molecule has 0 unspecified atom stereocenters. The van der Waals surface area contributed by atoms with Crippen molar-refractivity contribution in [3.63, 3.8) is 0 Å². The summed E-state index contributed by atoms with van der Waals surface area (Å²) in [6.45, 7) is 0. The van der Waals surface area contributed by atoms with Crippen LogP contribution in [0.2, 0.25) is 0 Å². The molecule has 0 saturated heterocycles. The summed E-state index contributed by atoms with van der Waals surface area (Å²) in [4.78, 5) is 16.7. The van der Waals surface area contributed by atoms with Crippen LogP contribution in [-0.4, -0.2) is 24.0 Å². The average Bonchev–Trinajstić information content (AvgIpc) is 3.18. The van der Waals surface area contributed by atoms with Gasteiger partial charge in [0.1, 0.15) is 5.75 Å². The normalized spacial score (nSPS) is 18.0. The van der Waals surface area contributed by atoms with Crippen molar-refractivity contribution < 1.29 is 14.8 Å². The molecule has 30 heavy (non-hydrogen) atoms. The van der Waals surface area contributed by atoms with Crippen molar-refractivity contribution in [2.24, 2.45) is 0 Å². The van der Waals surface area contributed by atoms with E-state index in [1.165, 1.54) is 16.6 Å². The first kappa shape index (κ1) is 18.5. The van der Waals surface area contributed by atoms with Crippen molar-refractivity contribution in [2.45, 2.75) is 18.5 Å². The molecule has 0 bridgehead atoms. The molecule has 1 aliphatic heterocycles. The summed E-state index contributed by atoms with van der Waals surface area (Å²) in [5.74, 6) is 0.848. The Bertz CT molecular complexity index is 1180. The van der Waals surface area contributed by atoms with E-state index in [1.807, 2.05) is 48.5 Å². The van der Waals surface area contributed by atoms with Crippen molar-refractivity contribution in [1.82, 2.24) is 4.98 Å². The van der Waals surface area contributed by atoms with Gasteiger partial charge in [-0.15, -0.1) is 0 Å². The van der Waals surface area contributed by atoms with Gasteiger partial charge in [-0.2, -0.15) is 0 Å². The molecule has 5 nitrogen and oxygen atoms in total. The summed E-state index contributed by atoms with van der Waals surface area (Å²) in [6.07, 6.45) is 0.685. The number of amides is 1. The summed E-state index contributed by atoms with van der Waals surface area (Å²) in [6, 6.07) is 25.8. The van der Waals surface area contributed by atoms with Gasteiger partial charge >= 0.3 is 0 Å². The molecular weight excluding hydrogens is 374 g/mol. The maximum atomic E-state index is 13.1. The predicted octanol–water partition coefficient (Wildman–Crippen LogP) is 3.39. The molecule has 0 spiro atoms. The zero-order valence-corrected chi connectivity index (χ0v) is 16.8. The van der Waals surface area contributed by atoms with Gasteiger partial charge in [-0.1, -0.05) is 36.4 Å². The fourth-order valence-corrected chi connectivity index (χ4v) is 4.35. The van der Waals surface area contributed by atoms with Crippen LogP contribution in [0.4, 0.5) is 5.69 Å². The first-order chi connectivity index (χ1) is 14.7. The minimum absolute atomic E-state index is 0.0126. The number of fused-ring (bicyclic) bond motifs is 3. The summed E-state index contributed by atoms with van der Waals surface area (Å²) in [5.41, 5.74) is 5.47. The van der Waals surface area contributed by atoms with E-state index < -0.39 is 0 Å². The summed E-state index contributed by atoms with van der Waals surface area (Å²) >= 11 is 0. The van der Waals surface area contributed by atoms with E-state index in [-0.39, 0.29) is 18.0 Å². The molecule has 150 valence electrons. The second kappa shape index (κ2) is 7.69. The lowest BCUT2D eigenvalue weighted by atomic mass is 9.90. The second-order valence-electron chi connectivity index (χ2n) is 7.67. The molecule has 4 N–H and O–H groups in total. The van der Waals surface area contributed by atoms with Crippen LogP contribution in [0.1, 0.15) is 22.9 Å². The number of rotatable bonds is 4. The van der Waals surface area contributed by atoms with Crippen LogP contribution in [0, 0.1) is 0 Å². The Labute approximate surface area is 175 Å². The molecular formula is C25H24N3O2+. The van der Waals surface area contributed by atoms with Gasteiger partial charge in [0.2, 0.25) is 0 Å². The number of ether oxygens (including phenoxy) is 1. The molecule has 1 aromatic heterocycles. The standard InChI is InChI=1S/C25H23N3O2/c1-30-18-13-11-16(12-14-18)23-24-20(19-9-5-6-10-21(19)27-24)15-22(28-23)25(29)26-17-7-3-2-4-8-17/h2-14,22-23,27-28H,15H2,1H3,(H,26,29)/p+1/t22-,23+/m1/s1. The van der Waals surface area contributed by atoms with Gasteiger partial charge in [-0.25, -0.2) is 0 Å². The number of nitrogens with one attached hydrogen (secondary N) is 2. The van der Waals surface area contributed by atoms with Crippen LogP contribution in [0.3, 0.4) is 0 Å². The van der Waals surface area contributed by atoms with Crippen molar-refractivity contribution in [3.05, 3.63) is 95.7 Å². The highest BCUT2D eigenvalue weighted by Crippen LogP contribution is 2.32. The van der Waals surface area contributed by atoms with E-state index >= 15 is 0 Å². The number of para-hydroxylation sites is 2. The lowest BCUT2D eigenvalue weighted by Crippen LogP contribution is -2.95. The Kier molecular flexibility index (Phi) is 4.73. The number of anilines is 1. The number of carbonyl (C=O) groups is 1. The molecule has 0 aliphatic carbocycles. The maximum Gasteiger partial charge on any atom is 0.282 e. The van der Waals surface area contributed by atoms with Crippen LogP contribution in [0.15, 0.2) is 78.9 Å². The Morgan fingerprint density at radius 2 is 1.73 bits per heavy atom. The third-order valence-electron chi connectivity index (χ3n) is 5.86. The Hall–Kier alpha value is -3.57. The van der Waals surface area contributed by atoms with Gasteiger partial charge in [-0.3, -0.25) is 4.79 Å². The molecule has 1 amide bonds. The number of methoxy groups -OCH3 is 1. The Balaban J connectivity index is 1.53. The smallest absolute Gasteiger partial charge is 0.282 e. The minimum atomic E-state index is -0.219. The molecule has 0 saturated carbocycles. The van der Waals surface area contributed by atoms with E-state index in [1.54, 1.807) is 7.11 Å². The number of carbonyl (C=O) groups excluding carboxylic acids is 1. The second-order valence-corrected chi connectivity index (χ2v) is 7.67. The lowest BCUT2D eigenvalue weighted by molar-refractivity contribution is -0.711. The summed E-state index contributed by atoms with van der Waals surface area (Å²) in [5, 5.41) is 6.43. The van der Waals surface area contributed by atoms with Crippen molar-refractivity contribution in [1.29, 1.82) is 0 Å². The van der Waals surface area contributed by atoms with Gasteiger partial charge in [0.05, 0.1) is 12.8 Å². The number of aromatic nitrogens is 1. The number of nitrogens with two attached hydrogens (primary N) is 1. The topological polar surface area (TPSA) is 70.7 Å². The van der Waals surface area contributed by atoms with E-state index in [0.29, 0.717) is 6.42 Å². The molecule has 4 aromatic rings. The third kappa shape index (κ3) is 3.33. The van der Waals surface area contributed by atoms with Crippen LogP contribution >= 0.6 is 0 Å². The van der Waals surface area contributed by atoms with Crippen molar-refractivity contribution in [2.75, 3.05) is 12.4 Å². The predicted molar refractivity (Wildman–Crippen MR) is 118 cm³/mol. The van der Waals surface area contributed by atoms with Crippen molar-refractivity contribution in [3.8, 4) is 5.75 Å². The first-order valence-electron chi connectivity index (χ1n) is 10.2. The molecule has 2 atom stereocenters. The SMILES string of the molecule is COc1ccc([C@@H]2[NH2+][C@@H](C(=O)Nc3ccccc3)Cc3c2[nH]c2ccccc32)cc1. The van der Waals surface area contributed by atoms with Crippen LogP contribution in [0.25, 0.3) is 10.9 Å². The zero-order chi connectivity index (χ0) is 20.5. The Morgan fingerprint density at radius 1 is 1.00 bits per heavy atom. The van der Waals surface area contributed by atoms with Gasteiger partial charge in [0, 0.05) is 28.6 Å². The monoisotopic (exact) mass is 398 g/mol. The van der Waals surface area contributed by atoms with E-state index in [2.05, 4.69) is 45.9 Å². The molecule has 5 heteroatoms. The molecule has 2 heterocycles. The van der Waals surface area contributed by atoms with E-state index in [9.17, 15) is 4.79 Å². The zero-order valence-electron chi connectivity index (χ0n) is 16.8. The number of benzene rings is 3. The number of aromatic amines is 1. The Morgan fingerprint density at radius 3 is 2.50 bits per heavy atom. The van der Waals surface area contributed by atoms with Gasteiger partial charge in [-0.05, 0) is 48.0 Å². The quantitative estimate of drug-likeness (QED) is 0.493. The molecule has 0 fully saturated rings. The van der Waals surface area contributed by atoms with Crippen molar-refractivity contribution >= 4 is 22.5 Å². The molecule has 0 radical (unpaired) electrons. The molecule has 1 aliphatic rings. The largest absolute Gasteiger partial charge is 0.497 e. The molecule has 5 rings (SSSR count). The first-order valence-corrected chi connectivity index (χ1v) is 10.2. The number of quaternary nitrogens is 1. The number of hydrogen-bond donors (Lipinski definition) is 3. The number of hydrogen-bond acceptors (Lipinski definition) is 2. The highest BCUT2D eigenvalue weighted by molar-refractivity contribution is 5.95. The minimum Gasteiger partial charge on any atom is -0.497 e. The van der Waals surface area contributed by atoms with Crippen LogP contribution in [-0.2, 0) is 11.2 Å². The van der Waals surface area contributed by atoms with Gasteiger partial charge < -0.3 is 20.4 Å². The third-order valence-corrected chi connectivity index (χ3v) is 5.86. The van der Waals surface area contributed by atoms with E-state index in [4.69, 9.17) is 4.74 Å². The molecule has 3 aromatic carbocycles. The lowest BCUT2D eigenvalue weighted by Gasteiger charge is -2.28. The summed E-state index contributed by atoms with van der Waals surface area (Å²) in [7, 11) is 1.67. The average molecular weight is 398 g/mol. The fourth-order valence-electron chi connectivity index (χ4n) is 4.35. The van der Waals surface area contributed by atoms with Gasteiger partial charge in [0.25, 0.3) is 5.91 Å². The van der Waals surface area contributed by atoms with Crippen LogP contribution < -0.4 is 15.4 Å². The maximum absolute atomic E-state index is 13.1. The number of H-pyrrole nitrogens is 1. The fraction of sp³-hybridized carbons (Fsp3) is 0.160. The highest BCUT2D eigenvalue weighted by atomic mass is 16.5. The van der Waals surface area contributed by atoms with E-state index in [0.717, 1.165) is 22.5 Å². The summed E-state index contributed by atoms with van der Waals surface area (Å²) < 4.78 is 5.32. The van der Waals surface area contributed by atoms with Crippen LogP contribution in [0.5, 0.6) is 5.75 Å².